The Morgan fingerprint density at radius 3 is 2.65 bits per heavy atom. The molecule has 0 aliphatic heterocycles. The first kappa shape index (κ1) is 23.2. The number of nitriles is 1. The number of rotatable bonds is 5. The van der Waals surface area contributed by atoms with Crippen LogP contribution >= 0.6 is 0 Å². The number of alkyl halides is 3. The van der Waals surface area contributed by atoms with Gasteiger partial charge in [-0.3, -0.25) is 4.79 Å². The van der Waals surface area contributed by atoms with Gasteiger partial charge in [0.15, 0.2) is 6.61 Å². The van der Waals surface area contributed by atoms with Gasteiger partial charge in [0, 0.05) is 5.56 Å². The maximum Gasteiger partial charge on any atom is 0.417 e. The van der Waals surface area contributed by atoms with Gasteiger partial charge in [-0.1, -0.05) is 23.4 Å². The standard InChI is InChI=1S/C23H19F3N4O4/c1-13-19-15(21(32)33-11-18(31)29-22(12-27)8-4-5-9-22)10-17(28-20(19)34-30-13)14-6-2-3-7-16(14)23(24,25)26/h2-3,6-7,10H,4-5,8-9,11H2,1H3,(H,29,31). The molecule has 1 aliphatic carbocycles. The number of halogens is 3. The molecular weight excluding hydrogens is 453 g/mol. The fourth-order valence-corrected chi connectivity index (χ4v) is 4.10. The van der Waals surface area contributed by atoms with E-state index < -0.39 is 35.8 Å². The van der Waals surface area contributed by atoms with Crippen molar-refractivity contribution in [1.82, 2.24) is 15.5 Å². The van der Waals surface area contributed by atoms with Crippen molar-refractivity contribution >= 4 is 23.0 Å². The zero-order valence-corrected chi connectivity index (χ0v) is 18.0. The highest BCUT2D eigenvalue weighted by Crippen LogP contribution is 2.37. The molecule has 0 radical (unpaired) electrons. The number of amides is 1. The van der Waals surface area contributed by atoms with Crippen LogP contribution in [0.25, 0.3) is 22.4 Å². The van der Waals surface area contributed by atoms with Crippen LogP contribution in [-0.4, -0.2) is 34.2 Å². The summed E-state index contributed by atoms with van der Waals surface area (Å²) >= 11 is 0. The normalized spacial score (nSPS) is 15.1. The van der Waals surface area contributed by atoms with Crippen molar-refractivity contribution in [2.75, 3.05) is 6.61 Å². The molecule has 0 spiro atoms. The molecule has 0 saturated heterocycles. The first-order chi connectivity index (χ1) is 16.1. The second-order valence-corrected chi connectivity index (χ2v) is 8.07. The number of nitrogens with zero attached hydrogens (tertiary/aromatic N) is 3. The maximum absolute atomic E-state index is 13.5. The molecule has 176 valence electrons. The van der Waals surface area contributed by atoms with Gasteiger partial charge in [0.2, 0.25) is 0 Å². The topological polar surface area (TPSA) is 118 Å². The van der Waals surface area contributed by atoms with Gasteiger partial charge in [-0.2, -0.15) is 18.4 Å². The molecule has 0 atom stereocenters. The van der Waals surface area contributed by atoms with Gasteiger partial charge in [-0.15, -0.1) is 0 Å². The summed E-state index contributed by atoms with van der Waals surface area (Å²) in [4.78, 5) is 29.3. The summed E-state index contributed by atoms with van der Waals surface area (Å²) in [6, 6.07) is 8.06. The molecule has 1 aromatic carbocycles. The van der Waals surface area contributed by atoms with E-state index in [1.807, 2.05) is 0 Å². The molecule has 0 bridgehead atoms. The van der Waals surface area contributed by atoms with Crippen molar-refractivity contribution in [3.63, 3.8) is 0 Å². The van der Waals surface area contributed by atoms with Gasteiger partial charge < -0.3 is 14.6 Å². The molecule has 1 fully saturated rings. The molecule has 2 heterocycles. The van der Waals surface area contributed by atoms with Crippen molar-refractivity contribution in [3.05, 3.63) is 47.2 Å². The van der Waals surface area contributed by atoms with Gasteiger partial charge in [-0.05, 0) is 44.7 Å². The van der Waals surface area contributed by atoms with Crippen LogP contribution < -0.4 is 5.32 Å². The van der Waals surface area contributed by atoms with E-state index >= 15 is 0 Å². The lowest BCUT2D eigenvalue weighted by Gasteiger charge is -2.21. The van der Waals surface area contributed by atoms with Gasteiger partial charge in [0.05, 0.1) is 34.0 Å². The van der Waals surface area contributed by atoms with Crippen molar-refractivity contribution in [1.29, 1.82) is 5.26 Å². The molecular formula is C23H19F3N4O4. The lowest BCUT2D eigenvalue weighted by molar-refractivity contribution is -0.137. The largest absolute Gasteiger partial charge is 0.452 e. The summed E-state index contributed by atoms with van der Waals surface area (Å²) < 4.78 is 50.8. The number of ether oxygens (including phenoxy) is 1. The Labute approximate surface area is 191 Å². The summed E-state index contributed by atoms with van der Waals surface area (Å²) in [6.07, 6.45) is -2.03. The Balaban J connectivity index is 1.64. The Bertz CT molecular complexity index is 1300. The third kappa shape index (κ3) is 4.44. The van der Waals surface area contributed by atoms with Gasteiger partial charge >= 0.3 is 12.1 Å². The number of nitrogens with one attached hydrogen (secondary N) is 1. The number of carbonyl (C=O) groups excluding carboxylic acids is 2. The number of pyridine rings is 1. The van der Waals surface area contributed by atoms with Crippen LogP contribution in [0.15, 0.2) is 34.9 Å². The number of carbonyl (C=O) groups is 2. The summed E-state index contributed by atoms with van der Waals surface area (Å²) in [5.74, 6) is -1.61. The molecule has 3 aromatic rings. The highest BCUT2D eigenvalue weighted by Gasteiger charge is 2.36. The van der Waals surface area contributed by atoms with E-state index in [0.29, 0.717) is 12.8 Å². The number of hydrogen-bond acceptors (Lipinski definition) is 7. The van der Waals surface area contributed by atoms with E-state index in [1.165, 1.54) is 25.1 Å². The van der Waals surface area contributed by atoms with Crippen molar-refractivity contribution in [2.45, 2.75) is 44.3 Å². The van der Waals surface area contributed by atoms with Gasteiger partial charge in [-0.25, -0.2) is 9.78 Å². The SMILES string of the molecule is Cc1noc2nc(-c3ccccc3C(F)(F)F)cc(C(=O)OCC(=O)NC3(C#N)CCCC3)c12. The third-order valence-corrected chi connectivity index (χ3v) is 5.73. The predicted molar refractivity (Wildman–Crippen MR) is 112 cm³/mol. The van der Waals surface area contributed by atoms with E-state index in [-0.39, 0.29) is 33.6 Å². The molecule has 0 unspecified atom stereocenters. The molecule has 4 rings (SSSR count). The molecule has 1 N–H and O–H groups in total. The van der Waals surface area contributed by atoms with Crippen LogP contribution in [0, 0.1) is 18.3 Å². The van der Waals surface area contributed by atoms with Crippen molar-refractivity contribution in [2.24, 2.45) is 0 Å². The Hall–Kier alpha value is -3.94. The third-order valence-electron chi connectivity index (χ3n) is 5.73. The molecule has 34 heavy (non-hydrogen) atoms. The molecule has 8 nitrogen and oxygen atoms in total. The zero-order chi connectivity index (χ0) is 24.5. The summed E-state index contributed by atoms with van der Waals surface area (Å²) in [6.45, 7) is 0.877. The number of benzene rings is 1. The number of hydrogen-bond donors (Lipinski definition) is 1. The molecule has 1 saturated carbocycles. The Morgan fingerprint density at radius 1 is 1.26 bits per heavy atom. The van der Waals surface area contributed by atoms with Crippen molar-refractivity contribution < 1.29 is 32.0 Å². The number of aryl methyl sites for hydroxylation is 1. The molecule has 1 aliphatic rings. The maximum atomic E-state index is 13.5. The minimum atomic E-state index is -4.65. The summed E-state index contributed by atoms with van der Waals surface area (Å²) in [5, 5.41) is 15.9. The van der Waals surface area contributed by atoms with E-state index in [4.69, 9.17) is 9.26 Å². The zero-order valence-electron chi connectivity index (χ0n) is 18.0. The number of esters is 1. The Morgan fingerprint density at radius 2 is 1.97 bits per heavy atom. The highest BCUT2D eigenvalue weighted by molar-refractivity contribution is 6.05. The predicted octanol–water partition coefficient (Wildman–Crippen LogP) is 4.33. The summed E-state index contributed by atoms with van der Waals surface area (Å²) in [7, 11) is 0. The molecule has 1 amide bonds. The van der Waals surface area contributed by atoms with Crippen LogP contribution in [-0.2, 0) is 15.7 Å². The van der Waals surface area contributed by atoms with Gasteiger partial charge in [0.25, 0.3) is 11.6 Å². The minimum absolute atomic E-state index is 0.139. The average molecular weight is 472 g/mol. The number of aromatic nitrogens is 2. The molecule has 2 aromatic heterocycles. The lowest BCUT2D eigenvalue weighted by atomic mass is 10.00. The second kappa shape index (κ2) is 8.78. The second-order valence-electron chi connectivity index (χ2n) is 8.07. The fourth-order valence-electron chi connectivity index (χ4n) is 4.10. The average Bonchev–Trinajstić information content (AvgIpc) is 3.43. The smallest absolute Gasteiger partial charge is 0.417 e. The van der Waals surface area contributed by atoms with E-state index in [2.05, 4.69) is 21.5 Å². The van der Waals surface area contributed by atoms with Crippen LogP contribution in [0.3, 0.4) is 0 Å². The fraction of sp³-hybridized carbons (Fsp3) is 0.348. The monoisotopic (exact) mass is 472 g/mol. The van der Waals surface area contributed by atoms with E-state index in [0.717, 1.165) is 25.0 Å². The van der Waals surface area contributed by atoms with Crippen molar-refractivity contribution in [3.8, 4) is 17.3 Å². The first-order valence-corrected chi connectivity index (χ1v) is 10.5. The number of fused-ring (bicyclic) bond motifs is 1. The Kier molecular flexibility index (Phi) is 6.00. The van der Waals surface area contributed by atoms with Crippen LogP contribution in [0.5, 0.6) is 0 Å². The van der Waals surface area contributed by atoms with E-state index in [1.54, 1.807) is 0 Å². The molecule has 11 heteroatoms. The quantitative estimate of drug-likeness (QED) is 0.549. The lowest BCUT2D eigenvalue weighted by Crippen LogP contribution is -2.46. The van der Waals surface area contributed by atoms with Gasteiger partial charge in [0.1, 0.15) is 5.54 Å². The van der Waals surface area contributed by atoms with Crippen LogP contribution in [0.4, 0.5) is 13.2 Å². The summed E-state index contributed by atoms with van der Waals surface area (Å²) in [5.41, 5.74) is -2.33. The van der Waals surface area contributed by atoms with Crippen LogP contribution in [0.2, 0.25) is 0 Å². The van der Waals surface area contributed by atoms with Crippen LogP contribution in [0.1, 0.15) is 47.3 Å². The highest BCUT2D eigenvalue weighted by atomic mass is 19.4. The van der Waals surface area contributed by atoms with E-state index in [9.17, 15) is 28.0 Å². The minimum Gasteiger partial charge on any atom is -0.452 e. The first-order valence-electron chi connectivity index (χ1n) is 10.5.